The number of fused-ring (bicyclic) bond motifs is 1. The van der Waals surface area contributed by atoms with Gasteiger partial charge in [-0.1, -0.05) is 26.0 Å². The number of hydrogen-bond donors (Lipinski definition) is 1. The molecule has 0 saturated carbocycles. The first kappa shape index (κ1) is 18.4. The molecule has 6 nitrogen and oxygen atoms in total. The first-order chi connectivity index (χ1) is 11.3. The second-order valence-corrected chi connectivity index (χ2v) is 7.89. The number of hydrogen-bond acceptors (Lipinski definition) is 4. The van der Waals surface area contributed by atoms with Gasteiger partial charge in [-0.2, -0.15) is 0 Å². The Labute approximate surface area is 144 Å². The van der Waals surface area contributed by atoms with E-state index in [9.17, 15) is 13.2 Å². The Kier molecular flexibility index (Phi) is 5.64. The molecule has 0 radical (unpaired) electrons. The predicted molar refractivity (Wildman–Crippen MR) is 94.5 cm³/mol. The van der Waals surface area contributed by atoms with Gasteiger partial charge in [-0.05, 0) is 38.3 Å². The molecule has 1 aliphatic heterocycles. The van der Waals surface area contributed by atoms with Crippen molar-refractivity contribution in [3.63, 3.8) is 0 Å². The minimum absolute atomic E-state index is 0.0650. The molecule has 0 aliphatic carbocycles. The lowest BCUT2D eigenvalue weighted by Crippen LogP contribution is -2.40. The van der Waals surface area contributed by atoms with E-state index in [2.05, 4.69) is 9.71 Å². The second-order valence-electron chi connectivity index (χ2n) is 6.24. The highest BCUT2D eigenvalue weighted by atomic mass is 32.2. The van der Waals surface area contributed by atoms with Crippen LogP contribution in [0.2, 0.25) is 0 Å². The summed E-state index contributed by atoms with van der Waals surface area (Å²) in [5.74, 6) is 0.466. The van der Waals surface area contributed by atoms with Crippen LogP contribution in [0, 0.1) is 5.92 Å². The van der Waals surface area contributed by atoms with Gasteiger partial charge < -0.3 is 4.90 Å². The third-order valence-corrected chi connectivity index (χ3v) is 5.40. The number of carbonyl (C=O) groups is 1. The molecule has 1 N–H and O–H groups in total. The molecule has 0 saturated heterocycles. The summed E-state index contributed by atoms with van der Waals surface area (Å²) >= 11 is 0. The van der Waals surface area contributed by atoms with Gasteiger partial charge in [0.1, 0.15) is 11.9 Å². The van der Waals surface area contributed by atoms with E-state index in [-0.39, 0.29) is 22.6 Å². The number of amides is 1. The van der Waals surface area contributed by atoms with Crippen LogP contribution >= 0.6 is 0 Å². The standard InChI is InChI=1S/C17H25N3O3S/c1-5-20(6-2)17(21)14(11-12(3)4)18-16-13-9-7-8-10-15(13)24(22,23)19-16/h7-10,12,14H,5-6,11H2,1-4H3,(H,18,19). The van der Waals surface area contributed by atoms with Crippen molar-refractivity contribution in [2.45, 2.75) is 45.1 Å². The van der Waals surface area contributed by atoms with Gasteiger partial charge in [0.25, 0.3) is 10.0 Å². The highest BCUT2D eigenvalue weighted by Gasteiger charge is 2.32. The lowest BCUT2D eigenvalue weighted by Gasteiger charge is -2.24. The van der Waals surface area contributed by atoms with Crippen LogP contribution in [0.4, 0.5) is 0 Å². The maximum absolute atomic E-state index is 12.7. The van der Waals surface area contributed by atoms with E-state index < -0.39 is 16.1 Å². The molecule has 7 heteroatoms. The minimum Gasteiger partial charge on any atom is -0.341 e. The van der Waals surface area contributed by atoms with E-state index in [0.29, 0.717) is 25.1 Å². The molecule has 1 aromatic carbocycles. The highest BCUT2D eigenvalue weighted by Crippen LogP contribution is 2.23. The quantitative estimate of drug-likeness (QED) is 0.851. The van der Waals surface area contributed by atoms with Crippen molar-refractivity contribution in [2.75, 3.05) is 13.1 Å². The van der Waals surface area contributed by atoms with Gasteiger partial charge in [0, 0.05) is 18.7 Å². The van der Waals surface area contributed by atoms with Crippen molar-refractivity contribution >= 4 is 21.8 Å². The summed E-state index contributed by atoms with van der Waals surface area (Å²) < 4.78 is 26.9. The van der Waals surface area contributed by atoms with Crippen LogP contribution in [-0.4, -0.2) is 44.2 Å². The van der Waals surface area contributed by atoms with E-state index in [1.165, 1.54) is 0 Å². The summed E-state index contributed by atoms with van der Waals surface area (Å²) in [5, 5.41) is 0. The van der Waals surface area contributed by atoms with Gasteiger partial charge in [0.15, 0.2) is 0 Å². The zero-order valence-corrected chi connectivity index (χ0v) is 15.4. The average Bonchev–Trinajstić information content (AvgIpc) is 2.79. The van der Waals surface area contributed by atoms with Crippen molar-refractivity contribution in [1.82, 2.24) is 9.62 Å². The fourth-order valence-electron chi connectivity index (χ4n) is 2.79. The van der Waals surface area contributed by atoms with Crippen LogP contribution in [0.3, 0.4) is 0 Å². The summed E-state index contributed by atoms with van der Waals surface area (Å²) in [6.07, 6.45) is 0.572. The molecule has 0 fully saturated rings. The molecule has 132 valence electrons. The molecule has 1 unspecified atom stereocenters. The molecule has 0 aromatic heterocycles. The number of amidine groups is 1. The molecule has 1 aliphatic rings. The monoisotopic (exact) mass is 351 g/mol. The zero-order chi connectivity index (χ0) is 17.9. The summed E-state index contributed by atoms with van der Waals surface area (Å²) in [4.78, 5) is 19.2. The van der Waals surface area contributed by atoms with E-state index in [1.807, 2.05) is 27.7 Å². The van der Waals surface area contributed by atoms with Crippen LogP contribution in [-0.2, 0) is 14.8 Å². The number of benzene rings is 1. The van der Waals surface area contributed by atoms with Crippen LogP contribution in [0.1, 0.15) is 39.7 Å². The zero-order valence-electron chi connectivity index (χ0n) is 14.6. The van der Waals surface area contributed by atoms with E-state index in [0.717, 1.165) is 0 Å². The van der Waals surface area contributed by atoms with Crippen LogP contribution < -0.4 is 4.72 Å². The predicted octanol–water partition coefficient (Wildman–Crippen LogP) is 2.01. The number of likely N-dealkylation sites (N-methyl/N-ethyl adjacent to an activating group) is 1. The van der Waals surface area contributed by atoms with Crippen LogP contribution in [0.5, 0.6) is 0 Å². The number of sulfonamides is 1. The fraction of sp³-hybridized carbons (Fsp3) is 0.529. The van der Waals surface area contributed by atoms with Gasteiger partial charge in [-0.15, -0.1) is 0 Å². The summed E-state index contributed by atoms with van der Waals surface area (Å²) in [6.45, 7) is 9.11. The summed E-state index contributed by atoms with van der Waals surface area (Å²) in [6, 6.07) is 6.10. The van der Waals surface area contributed by atoms with Gasteiger partial charge in [0.2, 0.25) is 5.91 Å². The Hall–Kier alpha value is -1.89. The molecule has 1 atom stereocenters. The summed E-state index contributed by atoms with van der Waals surface area (Å²) in [5.41, 5.74) is 0.526. The van der Waals surface area contributed by atoms with Crippen LogP contribution in [0.15, 0.2) is 34.2 Å². The third kappa shape index (κ3) is 3.77. The molecular formula is C17H25N3O3S. The van der Waals surface area contributed by atoms with Gasteiger partial charge in [0.05, 0.1) is 4.90 Å². The smallest absolute Gasteiger partial charge is 0.263 e. The molecule has 0 spiro atoms. The number of carbonyl (C=O) groups excluding carboxylic acids is 1. The topological polar surface area (TPSA) is 78.8 Å². The Morgan fingerprint density at radius 2 is 1.83 bits per heavy atom. The van der Waals surface area contributed by atoms with E-state index in [1.54, 1.807) is 29.2 Å². The molecule has 24 heavy (non-hydrogen) atoms. The SMILES string of the molecule is CCN(CC)C(=O)C(CC(C)C)N=C1NS(=O)(=O)c2ccccc21. The molecule has 1 heterocycles. The van der Waals surface area contributed by atoms with Gasteiger partial charge in [-0.25, -0.2) is 8.42 Å². The fourth-order valence-corrected chi connectivity index (χ4v) is 4.03. The number of nitrogens with zero attached hydrogens (tertiary/aromatic N) is 2. The third-order valence-electron chi connectivity index (χ3n) is 4.00. The lowest BCUT2D eigenvalue weighted by atomic mass is 10.0. The lowest BCUT2D eigenvalue weighted by molar-refractivity contribution is -0.132. The largest absolute Gasteiger partial charge is 0.341 e. The number of aliphatic imine (C=N–C) groups is 1. The highest BCUT2D eigenvalue weighted by molar-refractivity contribution is 7.90. The van der Waals surface area contributed by atoms with Gasteiger partial charge in [-0.3, -0.25) is 14.5 Å². The average molecular weight is 351 g/mol. The van der Waals surface area contributed by atoms with Crippen molar-refractivity contribution < 1.29 is 13.2 Å². The van der Waals surface area contributed by atoms with E-state index in [4.69, 9.17) is 0 Å². The molecule has 1 aromatic rings. The Morgan fingerprint density at radius 3 is 2.42 bits per heavy atom. The first-order valence-electron chi connectivity index (χ1n) is 8.29. The number of nitrogens with one attached hydrogen (secondary N) is 1. The maximum Gasteiger partial charge on any atom is 0.263 e. The second kappa shape index (κ2) is 7.34. The van der Waals surface area contributed by atoms with Crippen molar-refractivity contribution in [3.8, 4) is 0 Å². The van der Waals surface area contributed by atoms with Crippen molar-refractivity contribution in [1.29, 1.82) is 0 Å². The molecule has 2 rings (SSSR count). The van der Waals surface area contributed by atoms with Gasteiger partial charge >= 0.3 is 0 Å². The Bertz CT molecular complexity index is 737. The number of rotatable bonds is 6. The maximum atomic E-state index is 12.7. The summed E-state index contributed by atoms with van der Waals surface area (Å²) in [7, 11) is -3.59. The first-order valence-corrected chi connectivity index (χ1v) is 9.77. The van der Waals surface area contributed by atoms with Crippen molar-refractivity contribution in [2.24, 2.45) is 10.9 Å². The Balaban J connectivity index is 2.42. The van der Waals surface area contributed by atoms with Crippen molar-refractivity contribution in [3.05, 3.63) is 29.8 Å². The Morgan fingerprint density at radius 1 is 1.21 bits per heavy atom. The normalized spacial score (nSPS) is 18.3. The van der Waals surface area contributed by atoms with Crippen LogP contribution in [0.25, 0.3) is 0 Å². The van der Waals surface area contributed by atoms with E-state index >= 15 is 0 Å². The molecular weight excluding hydrogens is 326 g/mol. The minimum atomic E-state index is -3.59. The molecule has 1 amide bonds. The molecule has 0 bridgehead atoms.